The SMILES string of the molecule is Cc1ccc(C(=O)C2=C(O)C(=O)N(Cc3cccnc3)[C@@H]2c2ccc(C(C)C)cc2)o1. The monoisotopic (exact) mass is 416 g/mol. The number of amides is 1. The van der Waals surface area contributed by atoms with Gasteiger partial charge >= 0.3 is 0 Å². The summed E-state index contributed by atoms with van der Waals surface area (Å²) in [7, 11) is 0. The van der Waals surface area contributed by atoms with Gasteiger partial charge in [-0.05, 0) is 47.7 Å². The molecule has 0 aliphatic carbocycles. The molecule has 6 nitrogen and oxygen atoms in total. The Morgan fingerprint density at radius 3 is 2.48 bits per heavy atom. The van der Waals surface area contributed by atoms with Crippen LogP contribution in [-0.4, -0.2) is 26.7 Å². The molecule has 6 heteroatoms. The molecule has 0 bridgehead atoms. The van der Waals surface area contributed by atoms with Crippen molar-refractivity contribution in [2.24, 2.45) is 0 Å². The summed E-state index contributed by atoms with van der Waals surface area (Å²) in [6.45, 7) is 6.15. The fraction of sp³-hybridized carbons (Fsp3) is 0.240. The van der Waals surface area contributed by atoms with Gasteiger partial charge in [-0.15, -0.1) is 0 Å². The van der Waals surface area contributed by atoms with Crippen LogP contribution in [0.15, 0.2) is 76.7 Å². The number of benzene rings is 1. The normalized spacial score (nSPS) is 16.5. The highest BCUT2D eigenvalue weighted by molar-refractivity contribution is 6.15. The van der Waals surface area contributed by atoms with Crippen molar-refractivity contribution < 1.29 is 19.1 Å². The summed E-state index contributed by atoms with van der Waals surface area (Å²) in [5.74, 6) is -0.599. The molecule has 1 atom stereocenters. The number of rotatable bonds is 6. The molecule has 2 aromatic heterocycles. The summed E-state index contributed by atoms with van der Waals surface area (Å²) in [4.78, 5) is 31.9. The second kappa shape index (κ2) is 8.22. The van der Waals surface area contributed by atoms with Crippen molar-refractivity contribution in [1.82, 2.24) is 9.88 Å². The summed E-state index contributed by atoms with van der Waals surface area (Å²) >= 11 is 0. The van der Waals surface area contributed by atoms with Gasteiger partial charge in [0.1, 0.15) is 5.76 Å². The van der Waals surface area contributed by atoms with Crippen molar-refractivity contribution >= 4 is 11.7 Å². The number of nitrogens with zero attached hydrogens (tertiary/aromatic N) is 2. The smallest absolute Gasteiger partial charge is 0.290 e. The maximum atomic E-state index is 13.3. The van der Waals surface area contributed by atoms with Gasteiger partial charge in [-0.2, -0.15) is 0 Å². The highest BCUT2D eigenvalue weighted by Crippen LogP contribution is 2.40. The Morgan fingerprint density at radius 1 is 1.16 bits per heavy atom. The highest BCUT2D eigenvalue weighted by Gasteiger charge is 2.44. The molecule has 1 aromatic carbocycles. The molecule has 0 fully saturated rings. The topological polar surface area (TPSA) is 83.6 Å². The molecular weight excluding hydrogens is 392 g/mol. The molecule has 158 valence electrons. The summed E-state index contributed by atoms with van der Waals surface area (Å²) in [6.07, 6.45) is 3.32. The Morgan fingerprint density at radius 2 is 1.90 bits per heavy atom. The highest BCUT2D eigenvalue weighted by atomic mass is 16.3. The van der Waals surface area contributed by atoms with Crippen LogP contribution in [0.4, 0.5) is 0 Å². The van der Waals surface area contributed by atoms with Crippen molar-refractivity contribution in [2.45, 2.75) is 39.3 Å². The summed E-state index contributed by atoms with van der Waals surface area (Å²) in [6, 6.07) is 13.9. The first-order valence-electron chi connectivity index (χ1n) is 10.2. The quantitative estimate of drug-likeness (QED) is 0.579. The Kier molecular flexibility index (Phi) is 5.46. The molecule has 4 rings (SSSR count). The Labute approximate surface area is 180 Å². The number of hydrogen-bond donors (Lipinski definition) is 1. The number of aromatic nitrogens is 1. The van der Waals surface area contributed by atoms with E-state index >= 15 is 0 Å². The van der Waals surface area contributed by atoms with Gasteiger partial charge in [-0.3, -0.25) is 14.6 Å². The van der Waals surface area contributed by atoms with Crippen LogP contribution in [0.1, 0.15) is 58.8 Å². The molecule has 0 radical (unpaired) electrons. The first-order valence-corrected chi connectivity index (χ1v) is 10.2. The van der Waals surface area contributed by atoms with Gasteiger partial charge in [0, 0.05) is 18.9 Å². The van der Waals surface area contributed by atoms with E-state index in [-0.39, 0.29) is 17.9 Å². The number of carbonyl (C=O) groups is 2. The Balaban J connectivity index is 1.79. The average molecular weight is 416 g/mol. The molecule has 0 spiro atoms. The van der Waals surface area contributed by atoms with E-state index in [0.29, 0.717) is 11.7 Å². The predicted molar refractivity (Wildman–Crippen MR) is 115 cm³/mol. The first kappa shape index (κ1) is 20.6. The van der Waals surface area contributed by atoms with Crippen LogP contribution in [0.25, 0.3) is 0 Å². The number of furan rings is 1. The number of aryl methyl sites for hydroxylation is 1. The number of pyridine rings is 1. The van der Waals surface area contributed by atoms with E-state index in [0.717, 1.165) is 16.7 Å². The van der Waals surface area contributed by atoms with Crippen molar-refractivity contribution in [3.8, 4) is 0 Å². The lowest BCUT2D eigenvalue weighted by molar-refractivity contribution is -0.130. The van der Waals surface area contributed by atoms with Crippen LogP contribution in [0.5, 0.6) is 0 Å². The number of carbonyl (C=O) groups excluding carboxylic acids is 2. The Hall–Kier alpha value is -3.67. The zero-order valence-corrected chi connectivity index (χ0v) is 17.7. The Bertz CT molecular complexity index is 1140. The summed E-state index contributed by atoms with van der Waals surface area (Å²) in [5, 5.41) is 10.7. The standard InChI is InChI=1S/C25H24N2O4/c1-15(2)18-7-9-19(10-8-18)22-21(23(28)20-11-6-16(3)31-20)24(29)25(30)27(22)14-17-5-4-12-26-13-17/h4-13,15,22,29H,14H2,1-3H3/t22-/m1/s1. The van der Waals surface area contributed by atoms with Crippen LogP contribution in [0.2, 0.25) is 0 Å². The third-order valence-electron chi connectivity index (χ3n) is 5.51. The fourth-order valence-corrected chi connectivity index (χ4v) is 3.84. The fourth-order valence-electron chi connectivity index (χ4n) is 3.84. The van der Waals surface area contributed by atoms with Crippen molar-refractivity contribution in [2.75, 3.05) is 0 Å². The molecular formula is C25H24N2O4. The van der Waals surface area contributed by atoms with Gasteiger partial charge in [0.05, 0.1) is 11.6 Å². The molecule has 1 N–H and O–H groups in total. The third kappa shape index (κ3) is 3.89. The third-order valence-corrected chi connectivity index (χ3v) is 5.51. The van der Waals surface area contributed by atoms with Crippen LogP contribution in [0, 0.1) is 6.92 Å². The molecule has 1 aliphatic rings. The molecule has 0 saturated carbocycles. The molecule has 0 unspecified atom stereocenters. The molecule has 1 aliphatic heterocycles. The van der Waals surface area contributed by atoms with Crippen LogP contribution in [0.3, 0.4) is 0 Å². The minimum absolute atomic E-state index is 0.0283. The average Bonchev–Trinajstić information content (AvgIpc) is 3.31. The molecule has 3 heterocycles. The van der Waals surface area contributed by atoms with Gasteiger partial charge in [-0.1, -0.05) is 44.2 Å². The predicted octanol–water partition coefficient (Wildman–Crippen LogP) is 4.88. The summed E-state index contributed by atoms with van der Waals surface area (Å²) < 4.78 is 5.49. The van der Waals surface area contributed by atoms with Gasteiger partial charge in [-0.25, -0.2) is 0 Å². The van der Waals surface area contributed by atoms with E-state index in [1.807, 2.05) is 30.3 Å². The zero-order chi connectivity index (χ0) is 22.1. The van der Waals surface area contributed by atoms with E-state index in [1.54, 1.807) is 37.5 Å². The minimum atomic E-state index is -0.730. The maximum Gasteiger partial charge on any atom is 0.290 e. The molecule has 31 heavy (non-hydrogen) atoms. The number of Topliss-reactive ketones (excluding diaryl/α,β-unsaturated/α-hetero) is 1. The minimum Gasteiger partial charge on any atom is -0.503 e. The van der Waals surface area contributed by atoms with Gasteiger partial charge in [0.25, 0.3) is 5.91 Å². The number of ketones is 1. The van der Waals surface area contributed by atoms with Crippen molar-refractivity contribution in [1.29, 1.82) is 0 Å². The lowest BCUT2D eigenvalue weighted by atomic mass is 9.93. The van der Waals surface area contributed by atoms with E-state index in [4.69, 9.17) is 4.42 Å². The van der Waals surface area contributed by atoms with E-state index < -0.39 is 23.5 Å². The zero-order valence-electron chi connectivity index (χ0n) is 17.7. The van der Waals surface area contributed by atoms with Crippen molar-refractivity contribution in [3.63, 3.8) is 0 Å². The second-order valence-corrected chi connectivity index (χ2v) is 8.02. The molecule has 1 amide bonds. The first-order chi connectivity index (χ1) is 14.9. The van der Waals surface area contributed by atoms with E-state index in [9.17, 15) is 14.7 Å². The molecule has 0 saturated heterocycles. The van der Waals surface area contributed by atoms with Gasteiger partial charge < -0.3 is 14.4 Å². The number of hydrogen-bond acceptors (Lipinski definition) is 5. The second-order valence-electron chi connectivity index (χ2n) is 8.02. The van der Waals surface area contributed by atoms with Gasteiger partial charge in [0.15, 0.2) is 11.5 Å². The van der Waals surface area contributed by atoms with E-state index in [2.05, 4.69) is 18.8 Å². The summed E-state index contributed by atoms with van der Waals surface area (Å²) in [5.41, 5.74) is 2.72. The van der Waals surface area contributed by atoms with Crippen LogP contribution < -0.4 is 0 Å². The maximum absolute atomic E-state index is 13.3. The van der Waals surface area contributed by atoms with Gasteiger partial charge in [0.2, 0.25) is 5.78 Å². The molecule has 3 aromatic rings. The lowest BCUT2D eigenvalue weighted by Crippen LogP contribution is -2.30. The van der Waals surface area contributed by atoms with E-state index in [1.165, 1.54) is 4.90 Å². The number of aliphatic hydroxyl groups excluding tert-OH is 1. The lowest BCUT2D eigenvalue weighted by Gasteiger charge is -2.27. The van der Waals surface area contributed by atoms with Crippen molar-refractivity contribution in [3.05, 3.63) is 100 Å². The van der Waals surface area contributed by atoms with Crippen LogP contribution in [-0.2, 0) is 11.3 Å². The van der Waals surface area contributed by atoms with Crippen LogP contribution >= 0.6 is 0 Å². The largest absolute Gasteiger partial charge is 0.503 e. The number of aliphatic hydroxyl groups is 1.